The number of hydrogen-bond acceptors (Lipinski definition) is 8. The molecule has 2 N–H and O–H groups in total. The Morgan fingerprint density at radius 1 is 0.478 bits per heavy atom. The van der Waals surface area contributed by atoms with Crippen LogP contribution >= 0.6 is 0 Å². The van der Waals surface area contributed by atoms with Crippen molar-refractivity contribution < 1.29 is 38.1 Å². The van der Waals surface area contributed by atoms with Gasteiger partial charge in [0.15, 0.2) is 0 Å². The third-order valence-electron chi connectivity index (χ3n) is 25.8. The van der Waals surface area contributed by atoms with Gasteiger partial charge in [-0.2, -0.15) is 0 Å². The Kier molecular flexibility index (Phi) is 26.0. The van der Waals surface area contributed by atoms with E-state index in [-0.39, 0.29) is 60.0 Å². The van der Waals surface area contributed by atoms with Crippen molar-refractivity contribution in [2.75, 3.05) is 13.2 Å². The van der Waals surface area contributed by atoms with Crippen LogP contribution in [-0.4, -0.2) is 61.6 Å². The molecule has 0 aliphatic heterocycles. The van der Waals surface area contributed by atoms with Gasteiger partial charge in [0.05, 0.1) is 13.2 Å². The molecule has 8 aliphatic rings. The minimum atomic E-state index is -0.754. The molecule has 8 aliphatic carbocycles. The average Bonchev–Trinajstić information content (AvgIpc) is 1.31. The lowest BCUT2D eigenvalue weighted by molar-refractivity contribution is -0.155. The van der Waals surface area contributed by atoms with Gasteiger partial charge in [-0.3, -0.25) is 0 Å². The molecule has 90 heavy (non-hydrogen) atoms. The molecule has 0 aromatic rings. The summed E-state index contributed by atoms with van der Waals surface area (Å²) >= 11 is 0. The van der Waals surface area contributed by atoms with Gasteiger partial charge in [0.2, 0.25) is 0 Å². The van der Waals surface area contributed by atoms with E-state index < -0.39 is 24.3 Å². The Morgan fingerprint density at radius 3 is 1.26 bits per heavy atom. The van der Waals surface area contributed by atoms with Crippen LogP contribution < -0.4 is 10.6 Å². The summed E-state index contributed by atoms with van der Waals surface area (Å²) in [4.78, 5) is 53.6. The molecule has 506 valence electrons. The fraction of sp³-hybridized carbons (Fsp3) is 0.850. The number of esters is 2. The fourth-order valence-electron chi connectivity index (χ4n) is 20.9. The van der Waals surface area contributed by atoms with Crippen molar-refractivity contribution in [2.24, 2.45) is 105 Å². The molecule has 0 heterocycles. The minimum absolute atomic E-state index is 0.170. The van der Waals surface area contributed by atoms with Crippen molar-refractivity contribution in [1.29, 1.82) is 0 Å². The number of alkyl carbamates (subject to hydrolysis) is 2. The van der Waals surface area contributed by atoms with Crippen LogP contribution in [0.5, 0.6) is 0 Å². The third-order valence-corrected chi connectivity index (χ3v) is 25.8. The number of carbonyl (C=O) groups excluding carboxylic acids is 4. The molecule has 6 saturated carbocycles. The number of allylic oxidation sites excluding steroid dienone is 2. The standard InChI is InChI=1S/C80H128N2O8/c1-53(2)27-25-29-57(9)65-35-37-67-63-33-31-59-51-61(39-43-77(59,11)69(63)41-45-79(65,67)13)89-73(83)71(49-55(5)6)81-75(85)87-47-23-21-19-17-15-16-18-20-22-24-48-88-76(86)82-72(50-56(7)8)74(84)90-62-40-44-78(12)60(52-62)32-34-64-68-38-36-66(58(10)30-26-28-54(3)4)80(68,14)46-42-70(64)78/h31-32,53-58,61-72H,19-30,33-52H2,1-14H3,(H,81,85)(H,82,86)/t57-,58-,61+,62+,63+,64+,65-,66-,67+,68+,69+,70+,71+,72+,77+,78+,79-,80-/m1/s1. The van der Waals surface area contributed by atoms with Gasteiger partial charge in [0.25, 0.3) is 0 Å². The van der Waals surface area contributed by atoms with Crippen LogP contribution in [0.4, 0.5) is 9.59 Å². The second kappa shape index (κ2) is 32.5. The monoisotopic (exact) mass is 1240 g/mol. The van der Waals surface area contributed by atoms with Crippen LogP contribution in [0, 0.1) is 128 Å². The smallest absolute Gasteiger partial charge is 0.407 e. The molecular weight excluding hydrogens is 1120 g/mol. The number of unbranched alkanes of at least 4 members (excludes halogenated alkanes) is 4. The van der Waals surface area contributed by atoms with Crippen LogP contribution in [0.25, 0.3) is 0 Å². The van der Waals surface area contributed by atoms with E-state index in [9.17, 15) is 19.2 Å². The second-order valence-electron chi connectivity index (χ2n) is 33.6. The van der Waals surface area contributed by atoms with Crippen LogP contribution in [0.3, 0.4) is 0 Å². The van der Waals surface area contributed by atoms with Crippen molar-refractivity contribution in [3.05, 3.63) is 23.3 Å². The van der Waals surface area contributed by atoms with E-state index in [0.29, 0.717) is 61.2 Å². The normalized spacial score (nSPS) is 33.8. The number of carbonyl (C=O) groups is 4. The largest absolute Gasteiger partial charge is 0.461 e. The molecule has 6 fully saturated rings. The fourth-order valence-corrected chi connectivity index (χ4v) is 20.9. The molecule has 10 heteroatoms. The third kappa shape index (κ3) is 17.7. The second-order valence-corrected chi connectivity index (χ2v) is 33.6. The summed E-state index contributed by atoms with van der Waals surface area (Å²) in [6, 6.07) is -1.51. The lowest BCUT2D eigenvalue weighted by atomic mass is 9.47. The van der Waals surface area contributed by atoms with E-state index >= 15 is 0 Å². The maximum Gasteiger partial charge on any atom is 0.407 e. The molecular formula is C80H128N2O8. The zero-order chi connectivity index (χ0) is 65.0. The lowest BCUT2D eigenvalue weighted by Gasteiger charge is -2.58. The predicted molar refractivity (Wildman–Crippen MR) is 365 cm³/mol. The van der Waals surface area contributed by atoms with Crippen molar-refractivity contribution >= 4 is 24.1 Å². The first-order chi connectivity index (χ1) is 42.9. The van der Waals surface area contributed by atoms with Crippen molar-refractivity contribution in [2.45, 2.75) is 314 Å². The van der Waals surface area contributed by atoms with Crippen LogP contribution in [0.1, 0.15) is 290 Å². The molecule has 0 saturated heterocycles. The number of rotatable bonds is 28. The van der Waals surface area contributed by atoms with E-state index in [1.807, 2.05) is 0 Å². The van der Waals surface area contributed by atoms with E-state index in [1.165, 1.54) is 114 Å². The first-order valence-electron chi connectivity index (χ1n) is 37.5. The van der Waals surface area contributed by atoms with Gasteiger partial charge in [-0.15, -0.1) is 0 Å². The molecule has 10 nitrogen and oxygen atoms in total. The van der Waals surface area contributed by atoms with Crippen LogP contribution in [-0.2, 0) is 28.5 Å². The van der Waals surface area contributed by atoms with Gasteiger partial charge in [-0.25, -0.2) is 19.2 Å². The van der Waals surface area contributed by atoms with Gasteiger partial charge in [-0.05, 0) is 245 Å². The highest BCUT2D eigenvalue weighted by Crippen LogP contribution is 2.69. The van der Waals surface area contributed by atoms with E-state index in [0.717, 1.165) is 111 Å². The molecule has 0 radical (unpaired) electrons. The molecule has 0 bridgehead atoms. The van der Waals surface area contributed by atoms with Crippen molar-refractivity contribution in [1.82, 2.24) is 10.6 Å². The number of nitrogens with one attached hydrogen (secondary N) is 2. The minimum Gasteiger partial charge on any atom is -0.461 e. The van der Waals surface area contributed by atoms with E-state index in [4.69, 9.17) is 18.9 Å². The van der Waals surface area contributed by atoms with Crippen LogP contribution in [0.15, 0.2) is 23.3 Å². The molecule has 2 amide bonds. The number of amides is 2. The summed E-state index contributed by atoms with van der Waals surface area (Å²) in [5, 5.41) is 5.70. The first-order valence-corrected chi connectivity index (χ1v) is 37.5. The lowest BCUT2D eigenvalue weighted by Crippen LogP contribution is -2.51. The predicted octanol–water partition coefficient (Wildman–Crippen LogP) is 19.5. The maximum absolute atomic E-state index is 13.8. The SMILES string of the molecule is CC(C)CCC[C@@H](C)[C@H]1CC[C@H]2[C@@H]3CC=C4C[C@@H](OC(=O)[C@H](CC(C)C)NC(=O)OCCCCC#CC#CCCCCOC(=O)N[C@@H](CC(C)C)C(=O)O[C@H]5CC[C@@]6(C)C(=CC[C@H]7[C@@H]8CC[C@H]([C@H](C)CCCC(C)C)[C@@]8(C)CC[C@@H]76)C5)CC[C@]4(C)[C@H]3CC[C@]12C. The van der Waals surface area contributed by atoms with Crippen LogP contribution in [0.2, 0.25) is 0 Å². The summed E-state index contributed by atoms with van der Waals surface area (Å²) in [6.45, 7) is 33.6. The first kappa shape index (κ1) is 71.9. The number of hydrogen-bond donors (Lipinski definition) is 2. The topological polar surface area (TPSA) is 129 Å². The highest BCUT2D eigenvalue weighted by molar-refractivity contribution is 5.82. The Balaban J connectivity index is 0.677. The molecule has 0 aromatic heterocycles. The number of fused-ring (bicyclic) bond motifs is 10. The summed E-state index contributed by atoms with van der Waals surface area (Å²) in [7, 11) is 0. The number of ether oxygens (including phenoxy) is 4. The summed E-state index contributed by atoms with van der Waals surface area (Å²) in [5.41, 5.74) is 4.28. The zero-order valence-corrected chi connectivity index (χ0v) is 59.4. The molecule has 8 rings (SSSR count). The Bertz CT molecular complexity index is 2400. The molecule has 0 aromatic carbocycles. The average molecular weight is 1250 g/mol. The van der Waals surface area contributed by atoms with Gasteiger partial charge in [-0.1, -0.05) is 171 Å². The van der Waals surface area contributed by atoms with Gasteiger partial charge in [0.1, 0.15) is 24.3 Å². The summed E-state index contributed by atoms with van der Waals surface area (Å²) in [5.74, 6) is 21.2. The summed E-state index contributed by atoms with van der Waals surface area (Å²) < 4.78 is 23.6. The van der Waals surface area contributed by atoms with E-state index in [2.05, 4.69) is 143 Å². The quantitative estimate of drug-likeness (QED) is 0.0261. The molecule has 0 spiro atoms. The zero-order valence-electron chi connectivity index (χ0n) is 59.4. The van der Waals surface area contributed by atoms with Gasteiger partial charge >= 0.3 is 24.1 Å². The Morgan fingerprint density at radius 2 is 0.878 bits per heavy atom. The Hall–Kier alpha value is -3.92. The Labute approximate surface area is 548 Å². The van der Waals surface area contributed by atoms with Gasteiger partial charge < -0.3 is 29.6 Å². The maximum atomic E-state index is 13.8. The van der Waals surface area contributed by atoms with Crippen molar-refractivity contribution in [3.8, 4) is 23.7 Å². The van der Waals surface area contributed by atoms with E-state index in [1.54, 1.807) is 0 Å². The highest BCUT2D eigenvalue weighted by Gasteiger charge is 2.61. The molecule has 18 atom stereocenters. The summed E-state index contributed by atoms with van der Waals surface area (Å²) in [6.07, 6.45) is 35.5. The van der Waals surface area contributed by atoms with Gasteiger partial charge in [0, 0.05) is 25.7 Å². The van der Waals surface area contributed by atoms with Crippen molar-refractivity contribution in [3.63, 3.8) is 0 Å². The molecule has 0 unspecified atom stereocenters. The highest BCUT2D eigenvalue weighted by atomic mass is 16.6.